The molecule has 5 heteroatoms. The Bertz CT molecular complexity index is 679. The van der Waals surface area contributed by atoms with Crippen molar-refractivity contribution in [3.8, 4) is 0 Å². The van der Waals surface area contributed by atoms with Crippen molar-refractivity contribution in [2.75, 3.05) is 18.9 Å². The van der Waals surface area contributed by atoms with Crippen molar-refractivity contribution in [3.63, 3.8) is 0 Å². The van der Waals surface area contributed by atoms with Gasteiger partial charge in [-0.15, -0.1) is 11.3 Å². The number of para-hydroxylation sites is 1. The second kappa shape index (κ2) is 7.33. The van der Waals surface area contributed by atoms with Crippen molar-refractivity contribution in [2.24, 2.45) is 0 Å². The van der Waals surface area contributed by atoms with Gasteiger partial charge in [0.25, 0.3) is 5.91 Å². The largest absolute Gasteiger partial charge is 0.325 e. The highest BCUT2D eigenvalue weighted by atomic mass is 32.1. The number of ketones is 1. The first kappa shape index (κ1) is 16.4. The van der Waals surface area contributed by atoms with Gasteiger partial charge in [0.05, 0.1) is 17.6 Å². The van der Waals surface area contributed by atoms with Gasteiger partial charge in [-0.2, -0.15) is 0 Å². The lowest BCUT2D eigenvalue weighted by Gasteiger charge is -2.14. The van der Waals surface area contributed by atoms with Crippen molar-refractivity contribution in [1.82, 2.24) is 0 Å². The van der Waals surface area contributed by atoms with E-state index in [0.717, 1.165) is 11.4 Å². The molecular formula is C17H21N2O2S+. The van der Waals surface area contributed by atoms with Crippen LogP contribution in [0.15, 0.2) is 35.7 Å². The van der Waals surface area contributed by atoms with Gasteiger partial charge in [-0.25, -0.2) is 0 Å². The molecule has 0 spiro atoms. The van der Waals surface area contributed by atoms with Gasteiger partial charge in [0.2, 0.25) is 0 Å². The molecule has 0 aliphatic rings. The van der Waals surface area contributed by atoms with Crippen LogP contribution >= 0.6 is 11.3 Å². The van der Waals surface area contributed by atoms with Crippen LogP contribution in [0.25, 0.3) is 0 Å². The number of hydrogen-bond donors (Lipinski definition) is 2. The van der Waals surface area contributed by atoms with Gasteiger partial charge >= 0.3 is 0 Å². The lowest BCUT2D eigenvalue weighted by atomic mass is 10.1. The monoisotopic (exact) mass is 317 g/mol. The summed E-state index contributed by atoms with van der Waals surface area (Å²) in [4.78, 5) is 26.1. The van der Waals surface area contributed by atoms with Gasteiger partial charge < -0.3 is 10.2 Å². The molecule has 1 aromatic carbocycles. The molecular weight excluding hydrogens is 296 g/mol. The third-order valence-electron chi connectivity index (χ3n) is 3.47. The second-order valence-electron chi connectivity index (χ2n) is 5.49. The summed E-state index contributed by atoms with van der Waals surface area (Å²) in [5.74, 6) is -0.133. The minimum absolute atomic E-state index is 0.0502. The average molecular weight is 317 g/mol. The molecule has 0 aliphatic heterocycles. The molecule has 0 saturated carbocycles. The predicted molar refractivity (Wildman–Crippen MR) is 89.6 cm³/mol. The molecule has 2 rings (SSSR count). The average Bonchev–Trinajstić information content (AvgIpc) is 2.84. The molecule has 0 saturated heterocycles. The van der Waals surface area contributed by atoms with Crippen molar-refractivity contribution in [2.45, 2.75) is 20.4 Å². The zero-order valence-electron chi connectivity index (χ0n) is 13.1. The molecule has 0 bridgehead atoms. The first-order valence-electron chi connectivity index (χ1n) is 7.21. The zero-order valence-corrected chi connectivity index (χ0v) is 13.9. The maximum Gasteiger partial charge on any atom is 0.279 e. The molecule has 2 N–H and O–H groups in total. The molecule has 1 aromatic heterocycles. The number of hydrogen-bond acceptors (Lipinski definition) is 3. The third kappa shape index (κ3) is 4.26. The van der Waals surface area contributed by atoms with Crippen LogP contribution in [0.2, 0.25) is 0 Å². The van der Waals surface area contributed by atoms with Gasteiger partial charge in [0.15, 0.2) is 12.3 Å². The third-order valence-corrected chi connectivity index (χ3v) is 4.50. The van der Waals surface area contributed by atoms with E-state index in [-0.39, 0.29) is 11.7 Å². The molecule has 1 unspecified atom stereocenters. The number of quaternary nitrogens is 1. The lowest BCUT2D eigenvalue weighted by Crippen LogP contribution is -3.08. The van der Waals surface area contributed by atoms with Crippen LogP contribution in [0, 0.1) is 6.92 Å². The summed E-state index contributed by atoms with van der Waals surface area (Å²) in [6, 6.07) is 9.18. The summed E-state index contributed by atoms with van der Waals surface area (Å²) in [6.45, 7) is 4.78. The van der Waals surface area contributed by atoms with Crippen LogP contribution in [0.3, 0.4) is 0 Å². The summed E-state index contributed by atoms with van der Waals surface area (Å²) < 4.78 is 0. The second-order valence-corrected chi connectivity index (χ2v) is 6.49. The number of benzene rings is 1. The van der Waals surface area contributed by atoms with Crippen LogP contribution in [-0.2, 0) is 11.3 Å². The number of likely N-dealkylation sites (N-methyl/N-ethyl adjacent to an activating group) is 1. The molecule has 22 heavy (non-hydrogen) atoms. The number of anilines is 1. The summed E-state index contributed by atoms with van der Waals surface area (Å²) in [5.41, 5.74) is 2.40. The first-order chi connectivity index (χ1) is 10.5. The van der Waals surface area contributed by atoms with Crippen LogP contribution in [-0.4, -0.2) is 25.3 Å². The Balaban J connectivity index is 1.96. The highest BCUT2D eigenvalue weighted by Crippen LogP contribution is 2.15. The quantitative estimate of drug-likeness (QED) is 0.800. The number of thiophene rings is 1. The number of Topliss-reactive ketones (excluding diaryl/α,β-unsaturated/α-hetero) is 1. The zero-order chi connectivity index (χ0) is 16.1. The predicted octanol–water partition coefficient (Wildman–Crippen LogP) is 1.91. The number of aryl methyl sites for hydroxylation is 1. The van der Waals surface area contributed by atoms with Gasteiger partial charge in [-0.1, -0.05) is 12.1 Å². The minimum atomic E-state index is -0.0830. The molecule has 0 aliphatic carbocycles. The van der Waals surface area contributed by atoms with Gasteiger partial charge in [0.1, 0.15) is 6.54 Å². The Hall–Kier alpha value is -1.98. The molecule has 1 amide bonds. The van der Waals surface area contributed by atoms with Gasteiger partial charge in [-0.05, 0) is 43.0 Å². The van der Waals surface area contributed by atoms with E-state index in [9.17, 15) is 9.59 Å². The standard InChI is InChI=1S/C17H20N2O2S/c1-12-8-9-22-16(12)10-19(3)11-17(21)18-15-7-5-4-6-14(15)13(2)20/h4-9H,10-11H2,1-3H3,(H,18,21)/p+1. The maximum absolute atomic E-state index is 12.2. The van der Waals surface area contributed by atoms with E-state index in [1.165, 1.54) is 17.4 Å². The fraction of sp³-hybridized carbons (Fsp3) is 0.294. The summed E-state index contributed by atoms with van der Waals surface area (Å²) in [6.07, 6.45) is 0. The van der Waals surface area contributed by atoms with Crippen LogP contribution in [0.4, 0.5) is 5.69 Å². The topological polar surface area (TPSA) is 50.6 Å². The maximum atomic E-state index is 12.2. The van der Waals surface area contributed by atoms with Crippen molar-refractivity contribution in [1.29, 1.82) is 0 Å². The van der Waals surface area contributed by atoms with Crippen LogP contribution < -0.4 is 10.2 Å². The number of carbonyl (C=O) groups excluding carboxylic acids is 2. The van der Waals surface area contributed by atoms with E-state index in [0.29, 0.717) is 17.8 Å². The fourth-order valence-electron chi connectivity index (χ4n) is 2.29. The van der Waals surface area contributed by atoms with E-state index in [4.69, 9.17) is 0 Å². The fourth-order valence-corrected chi connectivity index (χ4v) is 3.31. The van der Waals surface area contributed by atoms with Crippen molar-refractivity contribution >= 4 is 28.7 Å². The molecule has 4 nitrogen and oxygen atoms in total. The van der Waals surface area contributed by atoms with Gasteiger partial charge in [0, 0.05) is 5.56 Å². The molecule has 116 valence electrons. The SMILES string of the molecule is CC(=O)c1ccccc1NC(=O)C[NH+](C)Cc1sccc1C. The van der Waals surface area contributed by atoms with Crippen LogP contribution in [0.1, 0.15) is 27.7 Å². The lowest BCUT2D eigenvalue weighted by molar-refractivity contribution is -0.884. The minimum Gasteiger partial charge on any atom is -0.325 e. The number of amides is 1. The Labute approximate surface area is 134 Å². The Kier molecular flexibility index (Phi) is 5.46. The summed E-state index contributed by atoms with van der Waals surface area (Å²) >= 11 is 1.72. The Morgan fingerprint density at radius 3 is 2.59 bits per heavy atom. The Morgan fingerprint density at radius 2 is 1.95 bits per heavy atom. The molecule has 2 aromatic rings. The van der Waals surface area contributed by atoms with Crippen molar-refractivity contribution in [3.05, 3.63) is 51.7 Å². The van der Waals surface area contributed by atoms with E-state index in [1.807, 2.05) is 13.1 Å². The molecule has 0 radical (unpaired) electrons. The highest BCUT2D eigenvalue weighted by molar-refractivity contribution is 7.10. The smallest absolute Gasteiger partial charge is 0.279 e. The van der Waals surface area contributed by atoms with Crippen LogP contribution in [0.5, 0.6) is 0 Å². The summed E-state index contributed by atoms with van der Waals surface area (Å²) in [5, 5.41) is 4.91. The summed E-state index contributed by atoms with van der Waals surface area (Å²) in [7, 11) is 2.00. The Morgan fingerprint density at radius 1 is 1.23 bits per heavy atom. The van der Waals surface area contributed by atoms with E-state index >= 15 is 0 Å². The van der Waals surface area contributed by atoms with E-state index in [2.05, 4.69) is 23.7 Å². The van der Waals surface area contributed by atoms with Gasteiger partial charge in [-0.3, -0.25) is 9.59 Å². The molecule has 1 atom stereocenters. The van der Waals surface area contributed by atoms with E-state index in [1.54, 1.807) is 29.5 Å². The first-order valence-corrected chi connectivity index (χ1v) is 8.09. The van der Waals surface area contributed by atoms with E-state index < -0.39 is 0 Å². The molecule has 0 fully saturated rings. The number of rotatable bonds is 6. The van der Waals surface area contributed by atoms with Crippen molar-refractivity contribution < 1.29 is 14.5 Å². The highest BCUT2D eigenvalue weighted by Gasteiger charge is 2.15. The normalized spacial score (nSPS) is 12.0. The number of carbonyl (C=O) groups is 2. The number of nitrogens with one attached hydrogen (secondary N) is 2. The molecule has 1 heterocycles.